The molecule has 0 aliphatic carbocycles. The maximum Gasteiger partial charge on any atom is 0.311 e. The fourth-order valence-electron chi connectivity index (χ4n) is 3.64. The van der Waals surface area contributed by atoms with Crippen molar-refractivity contribution in [2.75, 3.05) is 32.3 Å². The van der Waals surface area contributed by atoms with E-state index < -0.39 is 6.23 Å². The van der Waals surface area contributed by atoms with Gasteiger partial charge in [-0.25, -0.2) is 4.68 Å². The topological polar surface area (TPSA) is 86.1 Å². The summed E-state index contributed by atoms with van der Waals surface area (Å²) < 4.78 is 18.6. The molecule has 0 spiro atoms. The predicted molar refractivity (Wildman–Crippen MR) is 124 cm³/mol. The Hall–Kier alpha value is -3.04. The molecule has 1 unspecified atom stereocenters. The Labute approximate surface area is 194 Å². The molecular formula is C23H24BrN3O5. The molecule has 1 aliphatic heterocycles. The minimum absolute atomic E-state index is 0.0104. The molecule has 0 saturated carbocycles. The Morgan fingerprint density at radius 1 is 1.12 bits per heavy atom. The Bertz CT molecular complexity index is 1150. The number of methoxy groups -OCH3 is 2. The summed E-state index contributed by atoms with van der Waals surface area (Å²) in [6, 6.07) is 13.4. The number of anilines is 1. The Morgan fingerprint density at radius 2 is 1.84 bits per heavy atom. The summed E-state index contributed by atoms with van der Waals surface area (Å²) in [6.45, 7) is 0.818. The molecule has 1 aliphatic rings. The van der Waals surface area contributed by atoms with E-state index >= 15 is 0 Å². The van der Waals surface area contributed by atoms with Crippen LogP contribution in [0.3, 0.4) is 0 Å². The van der Waals surface area contributed by atoms with Crippen molar-refractivity contribution in [3.63, 3.8) is 0 Å². The molecule has 0 saturated heterocycles. The molecular weight excluding hydrogens is 478 g/mol. The Morgan fingerprint density at radius 3 is 2.56 bits per heavy atom. The van der Waals surface area contributed by atoms with Crippen molar-refractivity contribution in [3.8, 4) is 17.2 Å². The highest BCUT2D eigenvalue weighted by Gasteiger charge is 2.29. The minimum atomic E-state index is -0.869. The van der Waals surface area contributed by atoms with Crippen molar-refractivity contribution in [1.29, 1.82) is 0 Å². The molecule has 0 bridgehead atoms. The number of benzene rings is 2. The molecule has 4 rings (SSSR count). The van der Waals surface area contributed by atoms with Crippen molar-refractivity contribution in [1.82, 2.24) is 9.78 Å². The van der Waals surface area contributed by atoms with Gasteiger partial charge in [-0.15, -0.1) is 0 Å². The molecule has 1 atom stereocenters. The zero-order valence-corrected chi connectivity index (χ0v) is 19.4. The van der Waals surface area contributed by atoms with Gasteiger partial charge in [0.2, 0.25) is 5.75 Å². The number of aliphatic hydroxyl groups excluding tert-OH is 1. The van der Waals surface area contributed by atoms with E-state index in [4.69, 9.17) is 14.2 Å². The van der Waals surface area contributed by atoms with Gasteiger partial charge >= 0.3 is 5.56 Å². The first-order valence-electron chi connectivity index (χ1n) is 10.1. The fourth-order valence-corrected chi connectivity index (χ4v) is 3.91. The summed E-state index contributed by atoms with van der Waals surface area (Å²) >= 11 is 3.41. The van der Waals surface area contributed by atoms with Crippen LogP contribution in [0, 0.1) is 0 Å². The van der Waals surface area contributed by atoms with Gasteiger partial charge in [-0.3, -0.25) is 4.79 Å². The van der Waals surface area contributed by atoms with E-state index in [1.54, 1.807) is 25.3 Å². The van der Waals surface area contributed by atoms with E-state index in [0.29, 0.717) is 36.7 Å². The highest BCUT2D eigenvalue weighted by Crippen LogP contribution is 2.31. The zero-order valence-electron chi connectivity index (χ0n) is 17.8. The van der Waals surface area contributed by atoms with Gasteiger partial charge in [0, 0.05) is 11.0 Å². The van der Waals surface area contributed by atoms with Gasteiger partial charge in [0.25, 0.3) is 0 Å². The third-order valence-electron chi connectivity index (χ3n) is 5.36. The summed E-state index contributed by atoms with van der Waals surface area (Å²) in [6.07, 6.45) is 1.33. The van der Waals surface area contributed by atoms with Crippen LogP contribution in [0.15, 0.2) is 57.9 Å². The summed E-state index contributed by atoms with van der Waals surface area (Å²) in [5.74, 6) is 1.50. The molecule has 2 heterocycles. The molecule has 0 amide bonds. The first-order valence-corrected chi connectivity index (χ1v) is 10.9. The van der Waals surface area contributed by atoms with Gasteiger partial charge in [-0.05, 0) is 41.8 Å². The van der Waals surface area contributed by atoms with Gasteiger partial charge in [-0.2, -0.15) is 5.10 Å². The number of hydrogen-bond donors (Lipinski definition) is 1. The second-order valence-electron chi connectivity index (χ2n) is 7.37. The summed E-state index contributed by atoms with van der Waals surface area (Å²) in [5.41, 5.74) is 2.12. The Balaban J connectivity index is 1.55. The van der Waals surface area contributed by atoms with E-state index in [0.717, 1.165) is 15.6 Å². The van der Waals surface area contributed by atoms with Crippen LogP contribution in [-0.2, 0) is 13.0 Å². The number of rotatable bonds is 7. The highest BCUT2D eigenvalue weighted by atomic mass is 79.9. The number of aliphatic hydroxyl groups is 1. The standard InChI is InChI=1S/C23H24BrN3O5/c1-30-19-8-5-15(11-20(19)31-2)9-10-26-18-12-25-27(13-16-3-6-17(24)7-4-16)23(29)22(18)32-14-21(26)28/h3-8,11-12,21,28H,9-10,13-14H2,1-2H3. The molecule has 168 valence electrons. The average Bonchev–Trinajstić information content (AvgIpc) is 2.81. The average molecular weight is 502 g/mol. The molecule has 8 nitrogen and oxygen atoms in total. The largest absolute Gasteiger partial charge is 0.493 e. The zero-order chi connectivity index (χ0) is 22.7. The number of ether oxygens (including phenoxy) is 3. The van der Waals surface area contributed by atoms with E-state index in [-0.39, 0.29) is 17.9 Å². The molecule has 1 aromatic heterocycles. The van der Waals surface area contributed by atoms with E-state index in [1.165, 1.54) is 4.68 Å². The first kappa shape index (κ1) is 22.2. The third kappa shape index (κ3) is 4.58. The molecule has 1 N–H and O–H groups in total. The van der Waals surface area contributed by atoms with Gasteiger partial charge in [0.05, 0.1) is 27.0 Å². The van der Waals surface area contributed by atoms with E-state index in [2.05, 4.69) is 21.0 Å². The summed E-state index contributed by atoms with van der Waals surface area (Å²) in [4.78, 5) is 14.7. The lowest BCUT2D eigenvalue weighted by Crippen LogP contribution is -2.46. The van der Waals surface area contributed by atoms with Crippen molar-refractivity contribution >= 4 is 21.6 Å². The molecule has 0 fully saturated rings. The van der Waals surface area contributed by atoms with Crippen LogP contribution in [0.1, 0.15) is 11.1 Å². The van der Waals surface area contributed by atoms with Crippen LogP contribution in [0.4, 0.5) is 5.69 Å². The van der Waals surface area contributed by atoms with Gasteiger partial charge in [0.15, 0.2) is 17.7 Å². The molecule has 2 aromatic carbocycles. The van der Waals surface area contributed by atoms with Crippen LogP contribution in [0.2, 0.25) is 0 Å². The maximum absolute atomic E-state index is 13.0. The smallest absolute Gasteiger partial charge is 0.311 e. The Kier molecular flexibility index (Phi) is 6.66. The second kappa shape index (κ2) is 9.62. The van der Waals surface area contributed by atoms with E-state index in [1.807, 2.05) is 42.5 Å². The van der Waals surface area contributed by atoms with Gasteiger partial charge in [-0.1, -0.05) is 34.1 Å². The third-order valence-corrected chi connectivity index (χ3v) is 5.89. The lowest BCUT2D eigenvalue weighted by atomic mass is 10.1. The number of aromatic nitrogens is 2. The van der Waals surface area contributed by atoms with Crippen molar-refractivity contribution in [3.05, 3.63) is 74.6 Å². The molecule has 0 radical (unpaired) electrons. The van der Waals surface area contributed by atoms with E-state index in [9.17, 15) is 9.90 Å². The maximum atomic E-state index is 13.0. The molecule has 9 heteroatoms. The number of halogens is 1. The van der Waals surface area contributed by atoms with Crippen LogP contribution >= 0.6 is 15.9 Å². The number of fused-ring (bicyclic) bond motifs is 1. The molecule has 32 heavy (non-hydrogen) atoms. The summed E-state index contributed by atoms with van der Waals surface area (Å²) in [5, 5.41) is 14.8. The van der Waals surface area contributed by atoms with Crippen molar-refractivity contribution in [2.45, 2.75) is 19.2 Å². The first-order chi connectivity index (χ1) is 15.5. The predicted octanol–water partition coefficient (Wildman–Crippen LogP) is 2.83. The normalized spacial score (nSPS) is 15.1. The van der Waals surface area contributed by atoms with Gasteiger partial charge < -0.3 is 24.2 Å². The monoisotopic (exact) mass is 501 g/mol. The summed E-state index contributed by atoms with van der Waals surface area (Å²) in [7, 11) is 3.18. The lowest BCUT2D eigenvalue weighted by molar-refractivity contribution is 0.0889. The quantitative estimate of drug-likeness (QED) is 0.532. The minimum Gasteiger partial charge on any atom is -0.493 e. The van der Waals surface area contributed by atoms with Crippen LogP contribution in [0.5, 0.6) is 17.2 Å². The fraction of sp³-hybridized carbons (Fsp3) is 0.304. The highest BCUT2D eigenvalue weighted by molar-refractivity contribution is 9.10. The van der Waals surface area contributed by atoms with Crippen molar-refractivity contribution < 1.29 is 19.3 Å². The van der Waals surface area contributed by atoms with Crippen molar-refractivity contribution in [2.24, 2.45) is 0 Å². The van der Waals surface area contributed by atoms with Crippen LogP contribution in [-0.4, -0.2) is 48.5 Å². The van der Waals surface area contributed by atoms with Gasteiger partial charge in [0.1, 0.15) is 12.3 Å². The SMILES string of the molecule is COc1ccc(CCN2c3cnn(Cc4ccc(Br)cc4)c(=O)c3OCC2O)cc1OC. The molecule has 3 aromatic rings. The number of nitrogens with zero attached hydrogens (tertiary/aromatic N) is 3. The van der Waals surface area contributed by atoms with Crippen LogP contribution < -0.4 is 24.7 Å². The van der Waals surface area contributed by atoms with Crippen LogP contribution in [0.25, 0.3) is 0 Å². The number of hydrogen-bond acceptors (Lipinski definition) is 7. The lowest BCUT2D eigenvalue weighted by Gasteiger charge is -2.35. The second-order valence-corrected chi connectivity index (χ2v) is 8.29.